The summed E-state index contributed by atoms with van der Waals surface area (Å²) >= 11 is 0. The first-order valence-electron chi connectivity index (χ1n) is 12.9. The fourth-order valence-electron chi connectivity index (χ4n) is 4.66. The van der Waals surface area contributed by atoms with Crippen LogP contribution >= 0.6 is 0 Å². The van der Waals surface area contributed by atoms with Crippen LogP contribution in [-0.4, -0.2) is 63.0 Å². The van der Waals surface area contributed by atoms with Crippen molar-refractivity contribution in [3.8, 4) is 23.0 Å². The molecule has 1 unspecified atom stereocenters. The summed E-state index contributed by atoms with van der Waals surface area (Å²) in [6.45, 7) is 4.37. The zero-order valence-electron chi connectivity index (χ0n) is 21.8. The fourth-order valence-corrected chi connectivity index (χ4v) is 4.66. The summed E-state index contributed by atoms with van der Waals surface area (Å²) in [6, 6.07) is 4.39. The maximum absolute atomic E-state index is 13.3. The molecule has 0 spiro atoms. The monoisotopic (exact) mass is 534 g/mol. The second kappa shape index (κ2) is 11.9. The van der Waals surface area contributed by atoms with Crippen LogP contribution in [0.25, 0.3) is 16.8 Å². The quantitative estimate of drug-likeness (QED) is 0.471. The maximum atomic E-state index is 13.3. The summed E-state index contributed by atoms with van der Waals surface area (Å²) in [4.78, 5) is 24.1. The molecule has 12 heteroatoms. The number of hydrogen-bond acceptors (Lipinski definition) is 6. The summed E-state index contributed by atoms with van der Waals surface area (Å²) in [7, 11) is 1.54. The Morgan fingerprint density at radius 2 is 2.05 bits per heavy atom. The molecule has 0 aliphatic carbocycles. The number of pyridine rings is 1. The largest absolute Gasteiger partial charge is 0.494 e. The predicted octanol–water partition coefficient (Wildman–Crippen LogP) is 5.56. The number of urea groups is 1. The molecule has 4 rings (SSSR count). The zero-order chi connectivity index (χ0) is 27.3. The number of fused-ring (bicyclic) bond motifs is 7. The van der Waals surface area contributed by atoms with Crippen LogP contribution in [0, 0.1) is 0 Å². The topological polar surface area (TPSA) is 93.9 Å². The highest BCUT2D eigenvalue weighted by molar-refractivity contribution is 5.75. The summed E-state index contributed by atoms with van der Waals surface area (Å²) < 4.78 is 52.1. The van der Waals surface area contributed by atoms with Crippen molar-refractivity contribution in [2.75, 3.05) is 20.3 Å². The Balaban J connectivity index is 1.72. The van der Waals surface area contributed by atoms with Gasteiger partial charge in [0.05, 0.1) is 49.1 Å². The lowest BCUT2D eigenvalue weighted by atomic mass is 10.0. The van der Waals surface area contributed by atoms with E-state index >= 15 is 0 Å². The molecule has 0 aromatic carbocycles. The van der Waals surface area contributed by atoms with E-state index in [1.54, 1.807) is 28.9 Å². The summed E-state index contributed by atoms with van der Waals surface area (Å²) in [5.74, 6) is 0.501. The zero-order valence-corrected chi connectivity index (χ0v) is 21.8. The van der Waals surface area contributed by atoms with Gasteiger partial charge in [-0.1, -0.05) is 6.42 Å². The fraction of sp³-hybridized carbons (Fsp3) is 0.538. The molecule has 38 heavy (non-hydrogen) atoms. The van der Waals surface area contributed by atoms with Crippen LogP contribution in [0.1, 0.15) is 64.1 Å². The van der Waals surface area contributed by atoms with E-state index < -0.39 is 30.7 Å². The Morgan fingerprint density at radius 3 is 2.79 bits per heavy atom. The number of nitrogens with one attached hydrogen (secondary N) is 1. The highest BCUT2D eigenvalue weighted by Crippen LogP contribution is 2.33. The minimum atomic E-state index is -4.29. The molecule has 9 nitrogen and oxygen atoms in total. The standard InChI is InChI=1S/C26H33F3N6O3/c1-4-34-17(2)21-15-20(23(37-3)16-30-21)22-14-19-10-12-31-35(19)25(33-22)38-13-7-5-6-8-18(32-24(34)36)9-11-26(27,28)29/h10,12,14-18H,4-9,11,13H2,1-3H3,(H,32,36)/t17?,18-/m1/s1. The third-order valence-electron chi connectivity index (χ3n) is 6.77. The number of aromatic nitrogens is 4. The highest BCUT2D eigenvalue weighted by Gasteiger charge is 2.30. The minimum absolute atomic E-state index is 0.171. The molecule has 4 bridgehead atoms. The van der Waals surface area contributed by atoms with Crippen LogP contribution in [0.15, 0.2) is 30.6 Å². The molecule has 0 radical (unpaired) electrons. The smallest absolute Gasteiger partial charge is 0.389 e. The molecule has 206 valence electrons. The van der Waals surface area contributed by atoms with E-state index in [1.165, 1.54) is 0 Å². The second-order valence-corrected chi connectivity index (χ2v) is 9.36. The Labute approximate surface area is 219 Å². The van der Waals surface area contributed by atoms with Crippen LogP contribution in [0.5, 0.6) is 11.8 Å². The van der Waals surface area contributed by atoms with E-state index in [4.69, 9.17) is 14.5 Å². The van der Waals surface area contributed by atoms with Gasteiger partial charge in [-0.15, -0.1) is 0 Å². The number of carbonyl (C=O) groups excluding carboxylic acids is 1. The number of methoxy groups -OCH3 is 1. The van der Waals surface area contributed by atoms with Gasteiger partial charge in [0.15, 0.2) is 0 Å². The number of nitrogens with zero attached hydrogens (tertiary/aromatic N) is 5. The van der Waals surface area contributed by atoms with E-state index in [2.05, 4.69) is 15.4 Å². The predicted molar refractivity (Wildman–Crippen MR) is 135 cm³/mol. The number of rotatable bonds is 4. The Hall–Kier alpha value is -3.57. The van der Waals surface area contributed by atoms with Gasteiger partial charge in [-0.3, -0.25) is 4.98 Å². The normalized spacial score (nSPS) is 19.5. The van der Waals surface area contributed by atoms with Gasteiger partial charge in [0.2, 0.25) is 0 Å². The van der Waals surface area contributed by atoms with Crippen LogP contribution in [0.2, 0.25) is 0 Å². The first-order valence-corrected chi connectivity index (χ1v) is 12.9. The van der Waals surface area contributed by atoms with Crippen molar-refractivity contribution in [1.82, 2.24) is 29.8 Å². The van der Waals surface area contributed by atoms with Crippen molar-refractivity contribution in [3.05, 3.63) is 36.3 Å². The molecule has 3 aromatic rings. The molecule has 0 saturated carbocycles. The molecular formula is C26H33F3N6O3. The highest BCUT2D eigenvalue weighted by atomic mass is 19.4. The van der Waals surface area contributed by atoms with E-state index in [0.29, 0.717) is 61.1 Å². The van der Waals surface area contributed by atoms with Crippen molar-refractivity contribution in [3.63, 3.8) is 0 Å². The van der Waals surface area contributed by atoms with Gasteiger partial charge in [0.1, 0.15) is 5.75 Å². The van der Waals surface area contributed by atoms with Gasteiger partial charge in [0.25, 0.3) is 0 Å². The lowest BCUT2D eigenvalue weighted by molar-refractivity contribution is -0.136. The molecule has 4 heterocycles. The number of alkyl halides is 3. The van der Waals surface area contributed by atoms with E-state index in [0.717, 1.165) is 11.9 Å². The van der Waals surface area contributed by atoms with Crippen LogP contribution < -0.4 is 14.8 Å². The third-order valence-corrected chi connectivity index (χ3v) is 6.77. The van der Waals surface area contributed by atoms with Gasteiger partial charge in [-0.05, 0) is 57.7 Å². The second-order valence-electron chi connectivity index (χ2n) is 9.36. The van der Waals surface area contributed by atoms with Crippen molar-refractivity contribution in [2.24, 2.45) is 0 Å². The Kier molecular flexibility index (Phi) is 8.58. The van der Waals surface area contributed by atoms with Gasteiger partial charge >= 0.3 is 18.2 Å². The maximum Gasteiger partial charge on any atom is 0.389 e. The first kappa shape index (κ1) is 27.5. The summed E-state index contributed by atoms with van der Waals surface area (Å²) in [6.07, 6.45) is 0.330. The lowest BCUT2D eigenvalue weighted by Gasteiger charge is -2.30. The van der Waals surface area contributed by atoms with E-state index in [9.17, 15) is 18.0 Å². The SMILES string of the molecule is CCN1C(=O)N[C@@H](CCC(F)(F)F)CCCCCOc2nc(cc3ccnn23)-c2cc(ncc2OC)C1C. The van der Waals surface area contributed by atoms with Gasteiger partial charge in [-0.25, -0.2) is 4.79 Å². The summed E-state index contributed by atoms with van der Waals surface area (Å²) in [5.41, 5.74) is 2.65. The van der Waals surface area contributed by atoms with Crippen molar-refractivity contribution < 1.29 is 27.4 Å². The number of ether oxygens (including phenoxy) is 2. The van der Waals surface area contributed by atoms with Gasteiger partial charge in [0, 0.05) is 24.6 Å². The van der Waals surface area contributed by atoms with Crippen molar-refractivity contribution in [2.45, 2.75) is 70.6 Å². The first-order chi connectivity index (χ1) is 18.2. The average molecular weight is 535 g/mol. The number of hydrogen-bond donors (Lipinski definition) is 1. The molecule has 1 aliphatic rings. The average Bonchev–Trinajstić information content (AvgIpc) is 3.37. The third kappa shape index (κ3) is 6.46. The van der Waals surface area contributed by atoms with Gasteiger partial charge in [-0.2, -0.15) is 27.8 Å². The molecule has 3 aromatic heterocycles. The molecule has 2 amide bonds. The summed E-state index contributed by atoms with van der Waals surface area (Å²) in [5, 5.41) is 7.16. The molecule has 0 saturated heterocycles. The molecule has 2 atom stereocenters. The minimum Gasteiger partial charge on any atom is -0.494 e. The number of carbonyl (C=O) groups is 1. The van der Waals surface area contributed by atoms with Crippen molar-refractivity contribution >= 4 is 11.5 Å². The van der Waals surface area contributed by atoms with Crippen LogP contribution in [0.4, 0.5) is 18.0 Å². The number of amides is 2. The van der Waals surface area contributed by atoms with Gasteiger partial charge < -0.3 is 19.7 Å². The number of halogens is 3. The van der Waals surface area contributed by atoms with E-state index in [1.807, 2.05) is 32.0 Å². The Morgan fingerprint density at radius 1 is 1.24 bits per heavy atom. The van der Waals surface area contributed by atoms with Crippen LogP contribution in [-0.2, 0) is 0 Å². The molecule has 0 fully saturated rings. The molecular weight excluding hydrogens is 501 g/mol. The van der Waals surface area contributed by atoms with Crippen LogP contribution in [0.3, 0.4) is 0 Å². The van der Waals surface area contributed by atoms with E-state index in [-0.39, 0.29) is 6.42 Å². The molecule has 1 aliphatic heterocycles. The lowest BCUT2D eigenvalue weighted by Crippen LogP contribution is -2.46. The Bertz CT molecular complexity index is 1250. The molecule has 1 N–H and O–H groups in total. The van der Waals surface area contributed by atoms with Crippen molar-refractivity contribution in [1.29, 1.82) is 0 Å².